The van der Waals surface area contributed by atoms with Crippen molar-refractivity contribution in [2.75, 3.05) is 72.5 Å². The third kappa shape index (κ3) is 15.6. The van der Waals surface area contributed by atoms with Gasteiger partial charge in [0.25, 0.3) is 0 Å². The average Bonchev–Trinajstić information content (AvgIpc) is 2.65. The molecule has 1 rings (SSSR count). The lowest BCUT2D eigenvalue weighted by Gasteiger charge is -2.32. The lowest BCUT2D eigenvalue weighted by atomic mass is 10.1. The van der Waals surface area contributed by atoms with Crippen molar-refractivity contribution in [1.82, 2.24) is 10.2 Å². The largest absolute Gasteiger partial charge is 0.444 e. The van der Waals surface area contributed by atoms with Crippen molar-refractivity contribution in [3.63, 3.8) is 0 Å². The number of alkyl carbamates (subject to hydrolysis) is 1. The van der Waals surface area contributed by atoms with Gasteiger partial charge in [0.15, 0.2) is 5.78 Å². The smallest absolute Gasteiger partial charge is 0.407 e. The number of carbonyl (C=O) groups is 2. The molecule has 1 aliphatic heterocycles. The molecule has 0 atom stereocenters. The van der Waals surface area contributed by atoms with Crippen molar-refractivity contribution in [2.24, 2.45) is 0 Å². The second kappa shape index (κ2) is 15.5. The molecule has 1 fully saturated rings. The maximum absolute atomic E-state index is 11.8. The van der Waals surface area contributed by atoms with E-state index in [-0.39, 0.29) is 24.5 Å². The number of ketones is 1. The highest BCUT2D eigenvalue weighted by Gasteiger charge is 2.23. The first-order valence-electron chi connectivity index (χ1n) is 10.8. The summed E-state index contributed by atoms with van der Waals surface area (Å²) in [5, 5.41) is 2.95. The first kappa shape index (κ1) is 26.8. The van der Waals surface area contributed by atoms with Crippen molar-refractivity contribution in [2.45, 2.75) is 52.2 Å². The zero-order chi connectivity index (χ0) is 22.2. The molecule has 176 valence electrons. The van der Waals surface area contributed by atoms with Crippen molar-refractivity contribution in [1.29, 1.82) is 0 Å². The van der Waals surface area contributed by atoms with Crippen LogP contribution in [0, 0.1) is 0 Å². The molecule has 30 heavy (non-hydrogen) atoms. The molecule has 9 heteroatoms. The lowest BCUT2D eigenvalue weighted by molar-refractivity contribution is -0.122. The Labute approximate surface area is 180 Å². The van der Waals surface area contributed by atoms with Crippen LogP contribution in [0.3, 0.4) is 0 Å². The normalized spacial score (nSPS) is 15.9. The summed E-state index contributed by atoms with van der Waals surface area (Å²) in [5.41, 5.74) is -0.467. The minimum absolute atomic E-state index is 0.0121. The standard InChI is InChI=1S/C21H40N2O7/c1-18(24)17-29-16-15-28-14-13-27-12-11-26-10-9-23-7-5-19(6-8-23)22-20(25)30-21(2,3)4/h19H,5-17H2,1-4H3,(H,22,25). The number of likely N-dealkylation sites (tertiary alicyclic amines) is 1. The quantitative estimate of drug-likeness (QED) is 0.390. The number of ether oxygens (including phenoxy) is 5. The third-order valence-electron chi connectivity index (χ3n) is 4.28. The fourth-order valence-corrected chi connectivity index (χ4v) is 2.84. The molecule has 0 saturated carbocycles. The summed E-state index contributed by atoms with van der Waals surface area (Å²) in [6.07, 6.45) is 1.50. The van der Waals surface area contributed by atoms with Crippen molar-refractivity contribution in [3.05, 3.63) is 0 Å². The number of hydrogen-bond acceptors (Lipinski definition) is 8. The number of piperidine rings is 1. The molecular formula is C21H40N2O7. The molecule has 0 aromatic heterocycles. The first-order chi connectivity index (χ1) is 14.3. The van der Waals surface area contributed by atoms with Gasteiger partial charge in [-0.2, -0.15) is 0 Å². The lowest BCUT2D eigenvalue weighted by Crippen LogP contribution is -2.46. The fourth-order valence-electron chi connectivity index (χ4n) is 2.84. The number of Topliss-reactive ketones (excluding diaryl/α,β-unsaturated/α-hetero) is 1. The van der Waals surface area contributed by atoms with E-state index in [4.69, 9.17) is 23.7 Å². The van der Waals surface area contributed by atoms with Gasteiger partial charge in [-0.25, -0.2) is 4.79 Å². The van der Waals surface area contributed by atoms with E-state index in [1.165, 1.54) is 6.92 Å². The van der Waals surface area contributed by atoms with Crippen LogP contribution >= 0.6 is 0 Å². The Hall–Kier alpha value is -1.26. The molecule has 0 unspecified atom stereocenters. The number of carbonyl (C=O) groups excluding carboxylic acids is 2. The van der Waals surface area contributed by atoms with E-state index in [1.54, 1.807) is 0 Å². The van der Waals surface area contributed by atoms with Gasteiger partial charge in [0, 0.05) is 25.7 Å². The van der Waals surface area contributed by atoms with Gasteiger partial charge >= 0.3 is 6.09 Å². The minimum atomic E-state index is -0.467. The number of rotatable bonds is 15. The van der Waals surface area contributed by atoms with Crippen LogP contribution in [0.1, 0.15) is 40.5 Å². The van der Waals surface area contributed by atoms with Gasteiger partial charge in [-0.15, -0.1) is 0 Å². The summed E-state index contributed by atoms with van der Waals surface area (Å²) < 4.78 is 26.8. The molecule has 9 nitrogen and oxygen atoms in total. The molecule has 0 aromatic rings. The Morgan fingerprint density at radius 1 is 0.867 bits per heavy atom. The Bertz CT molecular complexity index is 474. The maximum atomic E-state index is 11.8. The van der Waals surface area contributed by atoms with E-state index >= 15 is 0 Å². The van der Waals surface area contributed by atoms with Crippen molar-refractivity contribution < 1.29 is 33.3 Å². The predicted molar refractivity (Wildman–Crippen MR) is 113 cm³/mol. The van der Waals surface area contributed by atoms with Crippen LogP contribution < -0.4 is 5.32 Å². The molecule has 1 saturated heterocycles. The molecule has 1 amide bonds. The molecule has 0 spiro atoms. The Kier molecular flexibility index (Phi) is 13.9. The second-order valence-electron chi connectivity index (χ2n) is 8.35. The highest BCUT2D eigenvalue weighted by atomic mass is 16.6. The highest BCUT2D eigenvalue weighted by molar-refractivity contribution is 5.76. The van der Waals surface area contributed by atoms with E-state index in [0.29, 0.717) is 46.2 Å². The zero-order valence-electron chi connectivity index (χ0n) is 19.1. The molecule has 0 bridgehead atoms. The fraction of sp³-hybridized carbons (Fsp3) is 0.905. The topological polar surface area (TPSA) is 95.6 Å². The molecule has 1 N–H and O–H groups in total. The van der Waals surface area contributed by atoms with Gasteiger partial charge in [-0.3, -0.25) is 4.79 Å². The summed E-state index contributed by atoms with van der Waals surface area (Å²) in [6, 6.07) is 0.174. The monoisotopic (exact) mass is 432 g/mol. The molecule has 0 radical (unpaired) electrons. The van der Waals surface area contributed by atoms with Crippen LogP contribution in [0.2, 0.25) is 0 Å². The Morgan fingerprint density at radius 2 is 1.37 bits per heavy atom. The van der Waals surface area contributed by atoms with Gasteiger partial charge in [0.2, 0.25) is 0 Å². The summed E-state index contributed by atoms with van der Waals surface area (Å²) >= 11 is 0. The summed E-state index contributed by atoms with van der Waals surface area (Å²) in [4.78, 5) is 24.9. The number of hydrogen-bond donors (Lipinski definition) is 1. The van der Waals surface area contributed by atoms with E-state index < -0.39 is 5.60 Å². The summed E-state index contributed by atoms with van der Waals surface area (Å²) in [5.74, 6) is 0.0121. The molecule has 0 aromatic carbocycles. The summed E-state index contributed by atoms with van der Waals surface area (Å²) in [7, 11) is 0. The van der Waals surface area contributed by atoms with Gasteiger partial charge in [0.1, 0.15) is 12.2 Å². The molecule has 0 aliphatic carbocycles. The summed E-state index contributed by atoms with van der Waals surface area (Å²) in [6.45, 7) is 13.6. The van der Waals surface area contributed by atoms with Crippen molar-refractivity contribution >= 4 is 11.9 Å². The highest BCUT2D eigenvalue weighted by Crippen LogP contribution is 2.12. The van der Waals surface area contributed by atoms with Crippen LogP contribution in [0.15, 0.2) is 0 Å². The van der Waals surface area contributed by atoms with Gasteiger partial charge in [-0.05, 0) is 40.5 Å². The Morgan fingerprint density at radius 3 is 1.87 bits per heavy atom. The minimum Gasteiger partial charge on any atom is -0.444 e. The van der Waals surface area contributed by atoms with E-state index in [0.717, 1.165) is 32.5 Å². The number of nitrogens with zero attached hydrogens (tertiary/aromatic N) is 1. The van der Waals surface area contributed by atoms with Crippen LogP contribution in [0.4, 0.5) is 4.79 Å². The van der Waals surface area contributed by atoms with E-state index in [2.05, 4.69) is 10.2 Å². The SMILES string of the molecule is CC(=O)COCCOCCOCCOCCN1CCC(NC(=O)OC(C)(C)C)CC1. The average molecular weight is 433 g/mol. The molecule has 1 aliphatic rings. The maximum Gasteiger partial charge on any atom is 0.407 e. The molecular weight excluding hydrogens is 392 g/mol. The third-order valence-corrected chi connectivity index (χ3v) is 4.28. The Balaban J connectivity index is 1.87. The predicted octanol–water partition coefficient (Wildman–Crippen LogP) is 1.63. The van der Waals surface area contributed by atoms with E-state index in [1.807, 2.05) is 20.8 Å². The first-order valence-corrected chi connectivity index (χ1v) is 10.8. The van der Waals surface area contributed by atoms with E-state index in [9.17, 15) is 9.59 Å². The van der Waals surface area contributed by atoms with Crippen LogP contribution in [0.5, 0.6) is 0 Å². The van der Waals surface area contributed by atoms with Gasteiger partial charge in [-0.1, -0.05) is 0 Å². The van der Waals surface area contributed by atoms with Gasteiger partial charge in [0.05, 0.1) is 46.2 Å². The van der Waals surface area contributed by atoms with Crippen LogP contribution in [-0.4, -0.2) is 101 Å². The van der Waals surface area contributed by atoms with Gasteiger partial charge < -0.3 is 33.9 Å². The van der Waals surface area contributed by atoms with Crippen LogP contribution in [-0.2, 0) is 28.5 Å². The zero-order valence-corrected chi connectivity index (χ0v) is 19.1. The molecule has 1 heterocycles. The number of amides is 1. The number of nitrogens with one attached hydrogen (secondary N) is 1. The second-order valence-corrected chi connectivity index (χ2v) is 8.35. The van der Waals surface area contributed by atoms with Crippen LogP contribution in [0.25, 0.3) is 0 Å². The van der Waals surface area contributed by atoms with Crippen molar-refractivity contribution in [3.8, 4) is 0 Å².